The highest BCUT2D eigenvalue weighted by molar-refractivity contribution is 7.92. The maximum atomic E-state index is 12.1. The van der Waals surface area contributed by atoms with E-state index in [9.17, 15) is 13.2 Å². The average molecular weight is 296 g/mol. The predicted octanol–water partition coefficient (Wildman–Crippen LogP) is 0.161. The molecule has 20 heavy (non-hydrogen) atoms. The van der Waals surface area contributed by atoms with Gasteiger partial charge in [-0.1, -0.05) is 0 Å². The second kappa shape index (κ2) is 5.21. The Morgan fingerprint density at radius 3 is 2.60 bits per heavy atom. The third kappa shape index (κ3) is 2.88. The molecule has 8 nitrogen and oxygen atoms in total. The van der Waals surface area contributed by atoms with Crippen LogP contribution in [0.1, 0.15) is 0 Å². The molecular formula is C11H12N4O4S. The Bertz CT molecular complexity index is 765. The van der Waals surface area contributed by atoms with E-state index >= 15 is 0 Å². The fraction of sp³-hybridized carbons (Fsp3) is 0.0909. The molecule has 0 unspecified atom stereocenters. The molecule has 0 aliphatic rings. The SMILES string of the molecule is COc1ccc(S(=O)(=O)Nc2ccc(=O)[nH]n2)cc1N. The van der Waals surface area contributed by atoms with Crippen molar-refractivity contribution in [1.82, 2.24) is 10.2 Å². The maximum Gasteiger partial charge on any atom is 0.264 e. The number of aromatic amines is 1. The van der Waals surface area contributed by atoms with E-state index in [4.69, 9.17) is 10.5 Å². The van der Waals surface area contributed by atoms with Crippen molar-refractivity contribution in [3.05, 3.63) is 40.7 Å². The molecule has 2 aromatic rings. The normalized spacial score (nSPS) is 11.1. The summed E-state index contributed by atoms with van der Waals surface area (Å²) in [5.41, 5.74) is 5.43. The van der Waals surface area contributed by atoms with Crippen LogP contribution < -0.4 is 20.8 Å². The van der Waals surface area contributed by atoms with Crippen molar-refractivity contribution in [2.75, 3.05) is 17.6 Å². The Labute approximate surface area is 114 Å². The van der Waals surface area contributed by atoms with Crippen molar-refractivity contribution >= 4 is 21.5 Å². The first-order valence-electron chi connectivity index (χ1n) is 5.44. The molecule has 0 amide bonds. The second-order valence-corrected chi connectivity index (χ2v) is 5.50. The van der Waals surface area contributed by atoms with Gasteiger partial charge in [0.1, 0.15) is 5.75 Å². The van der Waals surface area contributed by atoms with Crippen molar-refractivity contribution < 1.29 is 13.2 Å². The molecule has 0 aliphatic carbocycles. The minimum atomic E-state index is -3.84. The lowest BCUT2D eigenvalue weighted by Gasteiger charge is -2.09. The van der Waals surface area contributed by atoms with E-state index in [0.29, 0.717) is 5.75 Å². The van der Waals surface area contributed by atoms with Crippen LogP contribution in [0.25, 0.3) is 0 Å². The first-order valence-corrected chi connectivity index (χ1v) is 6.93. The molecule has 1 heterocycles. The molecule has 0 aliphatic heterocycles. The number of benzene rings is 1. The fourth-order valence-corrected chi connectivity index (χ4v) is 2.51. The largest absolute Gasteiger partial charge is 0.495 e. The number of nitrogens with two attached hydrogens (primary N) is 1. The standard InChI is InChI=1S/C11H12N4O4S/c1-19-9-3-2-7(6-8(9)12)20(17,18)15-10-4-5-11(16)14-13-10/h2-6H,12H2,1H3,(H,13,15)(H,14,16). The number of aromatic nitrogens is 2. The summed E-state index contributed by atoms with van der Waals surface area (Å²) < 4.78 is 31.4. The zero-order valence-corrected chi connectivity index (χ0v) is 11.3. The molecule has 1 aromatic carbocycles. The van der Waals surface area contributed by atoms with Crippen LogP contribution in [0.3, 0.4) is 0 Å². The number of H-pyrrole nitrogens is 1. The van der Waals surface area contributed by atoms with E-state index in [1.165, 1.54) is 31.4 Å². The third-order valence-electron chi connectivity index (χ3n) is 2.43. The quantitative estimate of drug-likeness (QED) is 0.690. The number of rotatable bonds is 4. The summed E-state index contributed by atoms with van der Waals surface area (Å²) in [7, 11) is -2.41. The van der Waals surface area contributed by atoms with Crippen LogP contribution >= 0.6 is 0 Å². The number of nitrogens with zero attached hydrogens (tertiary/aromatic N) is 1. The zero-order chi connectivity index (χ0) is 14.8. The van der Waals surface area contributed by atoms with Crippen LogP contribution in [-0.2, 0) is 10.0 Å². The number of methoxy groups -OCH3 is 1. The number of nitrogen functional groups attached to an aromatic ring is 1. The number of sulfonamides is 1. The average Bonchev–Trinajstić information content (AvgIpc) is 2.41. The third-order valence-corrected chi connectivity index (χ3v) is 3.78. The molecule has 0 spiro atoms. The maximum absolute atomic E-state index is 12.1. The summed E-state index contributed by atoms with van der Waals surface area (Å²) in [4.78, 5) is 10.8. The molecule has 0 fully saturated rings. The molecular weight excluding hydrogens is 284 g/mol. The Morgan fingerprint density at radius 1 is 1.30 bits per heavy atom. The van der Waals surface area contributed by atoms with Gasteiger partial charge in [0.05, 0.1) is 17.7 Å². The number of hydrogen-bond donors (Lipinski definition) is 3. The first kappa shape index (κ1) is 13.9. The van der Waals surface area contributed by atoms with Crippen LogP contribution in [0.4, 0.5) is 11.5 Å². The van der Waals surface area contributed by atoms with E-state index in [2.05, 4.69) is 14.9 Å². The highest BCUT2D eigenvalue weighted by Crippen LogP contribution is 2.25. The topological polar surface area (TPSA) is 127 Å². The predicted molar refractivity (Wildman–Crippen MR) is 73.1 cm³/mol. The molecule has 0 bridgehead atoms. The Balaban J connectivity index is 2.33. The van der Waals surface area contributed by atoms with Gasteiger partial charge >= 0.3 is 0 Å². The van der Waals surface area contributed by atoms with Gasteiger partial charge in [-0.25, -0.2) is 13.5 Å². The summed E-state index contributed by atoms with van der Waals surface area (Å²) in [6.07, 6.45) is 0. The number of ether oxygens (including phenoxy) is 1. The minimum Gasteiger partial charge on any atom is -0.495 e. The van der Waals surface area contributed by atoms with Crippen LogP contribution in [0, 0.1) is 0 Å². The van der Waals surface area contributed by atoms with Gasteiger partial charge in [-0.2, -0.15) is 5.10 Å². The van der Waals surface area contributed by atoms with Crippen LogP contribution in [0.15, 0.2) is 40.0 Å². The summed E-state index contributed by atoms with van der Waals surface area (Å²) in [6, 6.07) is 6.48. The Kier molecular flexibility index (Phi) is 3.61. The van der Waals surface area contributed by atoms with E-state index in [-0.39, 0.29) is 16.4 Å². The van der Waals surface area contributed by atoms with Gasteiger partial charge in [0, 0.05) is 6.07 Å². The smallest absolute Gasteiger partial charge is 0.264 e. The van der Waals surface area contributed by atoms with Crippen LogP contribution in [0.2, 0.25) is 0 Å². The molecule has 0 atom stereocenters. The Morgan fingerprint density at radius 2 is 2.05 bits per heavy atom. The Hall–Kier alpha value is -2.55. The van der Waals surface area contributed by atoms with Gasteiger partial charge in [-0.05, 0) is 24.3 Å². The first-order chi connectivity index (χ1) is 9.42. The molecule has 9 heteroatoms. The number of nitrogens with one attached hydrogen (secondary N) is 2. The highest BCUT2D eigenvalue weighted by Gasteiger charge is 2.16. The lowest BCUT2D eigenvalue weighted by atomic mass is 10.3. The van der Waals surface area contributed by atoms with Gasteiger partial charge in [-0.3, -0.25) is 9.52 Å². The van der Waals surface area contributed by atoms with E-state index in [1.807, 2.05) is 0 Å². The van der Waals surface area contributed by atoms with Crippen molar-refractivity contribution in [3.8, 4) is 5.75 Å². The van der Waals surface area contributed by atoms with E-state index in [1.54, 1.807) is 0 Å². The lowest BCUT2D eigenvalue weighted by Crippen LogP contribution is -2.16. The molecule has 0 saturated carbocycles. The van der Waals surface area contributed by atoms with Crippen LogP contribution in [0.5, 0.6) is 5.75 Å². The van der Waals surface area contributed by atoms with Crippen LogP contribution in [-0.4, -0.2) is 25.7 Å². The molecule has 1 aromatic heterocycles. The van der Waals surface area contributed by atoms with Crippen molar-refractivity contribution in [2.24, 2.45) is 0 Å². The zero-order valence-electron chi connectivity index (χ0n) is 10.5. The molecule has 0 saturated heterocycles. The molecule has 4 N–H and O–H groups in total. The lowest BCUT2D eigenvalue weighted by molar-refractivity contribution is 0.416. The second-order valence-electron chi connectivity index (χ2n) is 3.82. The summed E-state index contributed by atoms with van der Waals surface area (Å²) >= 11 is 0. The van der Waals surface area contributed by atoms with Gasteiger partial charge in [0.25, 0.3) is 15.6 Å². The van der Waals surface area contributed by atoms with Crippen molar-refractivity contribution in [3.63, 3.8) is 0 Å². The van der Waals surface area contributed by atoms with Gasteiger partial charge in [0.15, 0.2) is 5.82 Å². The monoisotopic (exact) mass is 296 g/mol. The molecule has 0 radical (unpaired) electrons. The fourth-order valence-electron chi connectivity index (χ4n) is 1.48. The van der Waals surface area contributed by atoms with E-state index < -0.39 is 15.6 Å². The minimum absolute atomic E-state index is 0.000936. The highest BCUT2D eigenvalue weighted by atomic mass is 32.2. The summed E-state index contributed by atoms with van der Waals surface area (Å²) in [5, 5.41) is 5.69. The van der Waals surface area contributed by atoms with E-state index in [0.717, 1.165) is 6.07 Å². The summed E-state index contributed by atoms with van der Waals surface area (Å²) in [5.74, 6) is 0.380. The number of hydrogen-bond acceptors (Lipinski definition) is 6. The van der Waals surface area contributed by atoms with Crippen molar-refractivity contribution in [1.29, 1.82) is 0 Å². The van der Waals surface area contributed by atoms with Gasteiger partial charge in [-0.15, -0.1) is 0 Å². The van der Waals surface area contributed by atoms with Crippen molar-refractivity contribution in [2.45, 2.75) is 4.90 Å². The summed E-state index contributed by atoms with van der Waals surface area (Å²) in [6.45, 7) is 0. The number of anilines is 2. The van der Waals surface area contributed by atoms with Gasteiger partial charge in [0.2, 0.25) is 0 Å². The molecule has 2 rings (SSSR count). The van der Waals surface area contributed by atoms with Gasteiger partial charge < -0.3 is 10.5 Å². The molecule has 106 valence electrons.